The highest BCUT2D eigenvalue weighted by atomic mass is 15.2. The van der Waals surface area contributed by atoms with Gasteiger partial charge in [-0.05, 0) is 47.2 Å². The fraction of sp³-hybridized carbons (Fsp3) is 0. The Morgan fingerprint density at radius 2 is 0.917 bits per heavy atom. The normalized spacial score (nSPS) is 11.8. The summed E-state index contributed by atoms with van der Waals surface area (Å²) >= 11 is 0. The van der Waals surface area contributed by atoms with E-state index < -0.39 is 0 Å². The second-order valence-electron chi connectivity index (χ2n) is 12.1. The second-order valence-corrected chi connectivity index (χ2v) is 12.1. The SMILES string of the molecule is c1ccc(-c2nc(-c3ccccc3-n3c4ccccc4c4c5ccccc5ccc43)nc(-n3c4ccccc4c4ccccc43)n2)cc1. The van der Waals surface area contributed by atoms with Crippen LogP contribution in [0.4, 0.5) is 0 Å². The van der Waals surface area contributed by atoms with Crippen molar-refractivity contribution in [2.75, 3.05) is 0 Å². The van der Waals surface area contributed by atoms with Gasteiger partial charge < -0.3 is 4.57 Å². The van der Waals surface area contributed by atoms with Crippen LogP contribution in [0.25, 0.3) is 88.8 Å². The van der Waals surface area contributed by atoms with Gasteiger partial charge in [-0.2, -0.15) is 9.97 Å². The molecule has 5 heteroatoms. The number of para-hydroxylation sites is 4. The number of fused-ring (bicyclic) bond motifs is 8. The van der Waals surface area contributed by atoms with Crippen LogP contribution in [0.1, 0.15) is 0 Å². The summed E-state index contributed by atoms with van der Waals surface area (Å²) in [6.07, 6.45) is 0. The van der Waals surface area contributed by atoms with E-state index in [1.54, 1.807) is 0 Å². The minimum Gasteiger partial charge on any atom is -0.308 e. The molecule has 0 unspecified atom stereocenters. The number of benzene rings is 7. The van der Waals surface area contributed by atoms with Gasteiger partial charge in [-0.3, -0.25) is 4.57 Å². The molecular formula is C43H27N5. The quantitative estimate of drug-likeness (QED) is 0.198. The lowest BCUT2D eigenvalue weighted by Crippen LogP contribution is -2.07. The number of nitrogens with zero attached hydrogens (tertiary/aromatic N) is 5. The Balaban J connectivity index is 1.29. The van der Waals surface area contributed by atoms with Crippen molar-refractivity contribution in [3.8, 4) is 34.4 Å². The van der Waals surface area contributed by atoms with Crippen LogP contribution in [0.5, 0.6) is 0 Å². The van der Waals surface area contributed by atoms with E-state index in [2.05, 4.69) is 155 Å². The molecule has 0 atom stereocenters. The molecule has 0 bridgehead atoms. The molecule has 0 aliphatic carbocycles. The third-order valence-electron chi connectivity index (χ3n) is 9.38. The Bertz CT molecular complexity index is 2790. The topological polar surface area (TPSA) is 48.5 Å². The molecular weight excluding hydrogens is 587 g/mol. The number of hydrogen-bond donors (Lipinski definition) is 0. The first kappa shape index (κ1) is 26.6. The minimum absolute atomic E-state index is 0.583. The van der Waals surface area contributed by atoms with Crippen LogP contribution >= 0.6 is 0 Å². The predicted octanol–water partition coefficient (Wildman–Crippen LogP) is 10.6. The lowest BCUT2D eigenvalue weighted by molar-refractivity contribution is 0.951. The molecule has 48 heavy (non-hydrogen) atoms. The number of aromatic nitrogens is 5. The minimum atomic E-state index is 0.583. The van der Waals surface area contributed by atoms with E-state index in [0.29, 0.717) is 17.6 Å². The third kappa shape index (κ3) is 3.94. The van der Waals surface area contributed by atoms with E-state index in [4.69, 9.17) is 15.0 Å². The highest BCUT2D eigenvalue weighted by molar-refractivity contribution is 6.21. The Morgan fingerprint density at radius 3 is 1.67 bits per heavy atom. The number of rotatable bonds is 4. The molecule has 0 aliphatic rings. The van der Waals surface area contributed by atoms with Crippen molar-refractivity contribution in [1.82, 2.24) is 24.1 Å². The van der Waals surface area contributed by atoms with Crippen molar-refractivity contribution < 1.29 is 0 Å². The summed E-state index contributed by atoms with van der Waals surface area (Å²) in [5.74, 6) is 1.82. The van der Waals surface area contributed by atoms with Gasteiger partial charge in [-0.25, -0.2) is 4.98 Å². The average Bonchev–Trinajstić information content (AvgIpc) is 3.68. The van der Waals surface area contributed by atoms with E-state index in [-0.39, 0.29) is 0 Å². The molecule has 0 radical (unpaired) electrons. The Kier molecular flexibility index (Phi) is 5.81. The van der Waals surface area contributed by atoms with Crippen molar-refractivity contribution in [2.45, 2.75) is 0 Å². The maximum Gasteiger partial charge on any atom is 0.238 e. The van der Waals surface area contributed by atoms with Crippen molar-refractivity contribution in [2.24, 2.45) is 0 Å². The van der Waals surface area contributed by atoms with E-state index in [9.17, 15) is 0 Å². The van der Waals surface area contributed by atoms with Gasteiger partial charge in [-0.15, -0.1) is 0 Å². The van der Waals surface area contributed by atoms with Crippen LogP contribution in [0.3, 0.4) is 0 Å². The fourth-order valence-electron chi connectivity index (χ4n) is 7.30. The highest BCUT2D eigenvalue weighted by Gasteiger charge is 2.21. The van der Waals surface area contributed by atoms with Gasteiger partial charge in [0.1, 0.15) is 0 Å². The van der Waals surface area contributed by atoms with E-state index in [1.165, 1.54) is 21.5 Å². The lowest BCUT2D eigenvalue weighted by atomic mass is 10.0. The largest absolute Gasteiger partial charge is 0.308 e. The molecule has 0 saturated heterocycles. The van der Waals surface area contributed by atoms with Crippen LogP contribution in [0.2, 0.25) is 0 Å². The van der Waals surface area contributed by atoms with Crippen molar-refractivity contribution in [1.29, 1.82) is 0 Å². The maximum atomic E-state index is 5.28. The summed E-state index contributed by atoms with van der Waals surface area (Å²) in [6.45, 7) is 0. The van der Waals surface area contributed by atoms with Crippen LogP contribution in [-0.4, -0.2) is 24.1 Å². The molecule has 5 nitrogen and oxygen atoms in total. The molecule has 10 rings (SSSR count). The molecule has 3 aromatic heterocycles. The van der Waals surface area contributed by atoms with Gasteiger partial charge in [0.05, 0.1) is 27.8 Å². The van der Waals surface area contributed by atoms with E-state index >= 15 is 0 Å². The highest BCUT2D eigenvalue weighted by Crippen LogP contribution is 2.39. The summed E-state index contributed by atoms with van der Waals surface area (Å²) in [6, 6.07) is 57.2. The Morgan fingerprint density at radius 1 is 0.354 bits per heavy atom. The molecule has 0 saturated carbocycles. The molecule has 0 N–H and O–H groups in total. The second kappa shape index (κ2) is 10.5. The van der Waals surface area contributed by atoms with Crippen LogP contribution in [-0.2, 0) is 0 Å². The lowest BCUT2D eigenvalue weighted by Gasteiger charge is -2.15. The van der Waals surface area contributed by atoms with Crippen molar-refractivity contribution in [3.05, 3.63) is 164 Å². The van der Waals surface area contributed by atoms with Gasteiger partial charge >= 0.3 is 0 Å². The van der Waals surface area contributed by atoms with E-state index in [1.807, 2.05) is 18.2 Å². The summed E-state index contributed by atoms with van der Waals surface area (Å²) in [4.78, 5) is 15.6. The summed E-state index contributed by atoms with van der Waals surface area (Å²) in [5, 5.41) is 7.24. The summed E-state index contributed by atoms with van der Waals surface area (Å²) in [7, 11) is 0. The van der Waals surface area contributed by atoms with Gasteiger partial charge in [0.15, 0.2) is 11.6 Å². The first-order valence-corrected chi connectivity index (χ1v) is 16.1. The van der Waals surface area contributed by atoms with E-state index in [0.717, 1.165) is 49.7 Å². The number of hydrogen-bond acceptors (Lipinski definition) is 3. The van der Waals surface area contributed by atoms with Gasteiger partial charge in [0.2, 0.25) is 5.95 Å². The molecule has 224 valence electrons. The van der Waals surface area contributed by atoms with Crippen LogP contribution in [0.15, 0.2) is 164 Å². The summed E-state index contributed by atoms with van der Waals surface area (Å²) < 4.78 is 4.52. The zero-order valence-corrected chi connectivity index (χ0v) is 25.8. The van der Waals surface area contributed by atoms with Gasteiger partial charge in [0.25, 0.3) is 0 Å². The monoisotopic (exact) mass is 613 g/mol. The predicted molar refractivity (Wildman–Crippen MR) is 197 cm³/mol. The van der Waals surface area contributed by atoms with Crippen LogP contribution < -0.4 is 0 Å². The molecule has 7 aromatic carbocycles. The van der Waals surface area contributed by atoms with Crippen molar-refractivity contribution in [3.63, 3.8) is 0 Å². The molecule has 0 aliphatic heterocycles. The van der Waals surface area contributed by atoms with Gasteiger partial charge in [-0.1, -0.05) is 127 Å². The van der Waals surface area contributed by atoms with Crippen LogP contribution in [0, 0.1) is 0 Å². The third-order valence-corrected chi connectivity index (χ3v) is 9.38. The first-order valence-electron chi connectivity index (χ1n) is 16.1. The van der Waals surface area contributed by atoms with Gasteiger partial charge in [0, 0.05) is 32.7 Å². The molecule has 0 spiro atoms. The molecule has 0 amide bonds. The van der Waals surface area contributed by atoms with Crippen molar-refractivity contribution >= 4 is 54.4 Å². The summed E-state index contributed by atoms with van der Waals surface area (Å²) in [5.41, 5.74) is 7.25. The maximum absolute atomic E-state index is 5.28. The average molecular weight is 614 g/mol. The molecule has 10 aromatic rings. The standard InChI is InChI=1S/C43H27N5/c1-2-15-29(16-3-1)41-44-42(46-43(45-41)48-35-22-10-6-18-31(35)32-19-7-11-23-36(32)48)34-21-9-13-25-38(34)47-37-24-12-8-20-33(37)40-30-17-5-4-14-28(30)26-27-39(40)47/h1-27H. The zero-order valence-electron chi connectivity index (χ0n) is 25.8. The Labute approximate surface area is 276 Å². The molecule has 3 heterocycles. The first-order chi connectivity index (χ1) is 23.8. The smallest absolute Gasteiger partial charge is 0.238 e. The zero-order chi connectivity index (χ0) is 31.6. The fourth-order valence-corrected chi connectivity index (χ4v) is 7.30. The molecule has 0 fully saturated rings. The Hall–Kier alpha value is -6.59.